The fourth-order valence-corrected chi connectivity index (χ4v) is 3.78. The molecular weight excluding hydrogens is 270 g/mol. The van der Waals surface area contributed by atoms with E-state index in [4.69, 9.17) is 0 Å². The summed E-state index contributed by atoms with van der Waals surface area (Å²) < 4.78 is 0. The van der Waals surface area contributed by atoms with Crippen LogP contribution in [0.15, 0.2) is 36.0 Å². The molecule has 1 aromatic carbocycles. The summed E-state index contributed by atoms with van der Waals surface area (Å²) in [7, 11) is 0. The topological polar surface area (TPSA) is 45.2 Å². The summed E-state index contributed by atoms with van der Waals surface area (Å²) in [6, 6.07) is 8.09. The summed E-state index contributed by atoms with van der Waals surface area (Å²) >= 11 is 1.65. The normalized spacial score (nSPS) is 25.1. The van der Waals surface area contributed by atoms with Crippen molar-refractivity contribution in [1.82, 2.24) is 9.88 Å². The minimum atomic E-state index is -0.349. The van der Waals surface area contributed by atoms with Crippen LogP contribution < -0.4 is 5.32 Å². The van der Waals surface area contributed by atoms with Gasteiger partial charge in [-0.05, 0) is 18.1 Å². The maximum Gasteiger partial charge on any atom is 0.245 e. The number of nitrogens with zero attached hydrogens (tertiary/aromatic N) is 2. The van der Waals surface area contributed by atoms with E-state index in [1.54, 1.807) is 11.3 Å². The van der Waals surface area contributed by atoms with E-state index in [1.807, 2.05) is 29.9 Å². The van der Waals surface area contributed by atoms with Gasteiger partial charge in [0.15, 0.2) is 0 Å². The fourth-order valence-electron chi connectivity index (χ4n) is 3.17. The van der Waals surface area contributed by atoms with Crippen LogP contribution in [0.2, 0.25) is 0 Å². The summed E-state index contributed by atoms with van der Waals surface area (Å²) in [5, 5.41) is 3.07. The lowest BCUT2D eigenvalue weighted by atomic mass is 9.75. The van der Waals surface area contributed by atoms with Crippen LogP contribution >= 0.6 is 11.3 Å². The third-order valence-electron chi connectivity index (χ3n) is 4.40. The van der Waals surface area contributed by atoms with Gasteiger partial charge in [0, 0.05) is 36.3 Å². The zero-order valence-corrected chi connectivity index (χ0v) is 11.8. The maximum absolute atomic E-state index is 12.5. The van der Waals surface area contributed by atoms with Crippen LogP contribution in [0.1, 0.15) is 16.9 Å². The maximum atomic E-state index is 12.5. The molecule has 0 bridgehead atoms. The number of aromatic nitrogens is 1. The van der Waals surface area contributed by atoms with E-state index in [0.717, 1.165) is 31.6 Å². The highest BCUT2D eigenvalue weighted by Gasteiger charge is 2.52. The van der Waals surface area contributed by atoms with E-state index >= 15 is 0 Å². The number of hydrogen-bond acceptors (Lipinski definition) is 4. The summed E-state index contributed by atoms with van der Waals surface area (Å²) in [6.45, 7) is 1.80. The Kier molecular flexibility index (Phi) is 2.65. The van der Waals surface area contributed by atoms with E-state index in [-0.39, 0.29) is 11.4 Å². The number of fused-ring (bicyclic) bond motifs is 1. The standard InChI is InChI=1S/C15H15N3OS/c19-14-15(7-11-3-1-2-4-13(11)17-14)5-6-18(15)9-12-8-16-10-20-12/h1-4,8,10H,5-7,9H2,(H,17,19). The first kappa shape index (κ1) is 12.1. The van der Waals surface area contributed by atoms with Gasteiger partial charge in [-0.1, -0.05) is 18.2 Å². The van der Waals surface area contributed by atoms with E-state index < -0.39 is 0 Å². The second-order valence-corrected chi connectivity index (χ2v) is 6.43. The van der Waals surface area contributed by atoms with Crippen LogP contribution in [-0.4, -0.2) is 27.9 Å². The lowest BCUT2D eigenvalue weighted by Gasteiger charge is -2.53. The first-order valence-corrected chi connectivity index (χ1v) is 7.68. The Labute approximate surface area is 121 Å². The van der Waals surface area contributed by atoms with Gasteiger partial charge in [0.1, 0.15) is 5.54 Å². The van der Waals surface area contributed by atoms with Crippen molar-refractivity contribution >= 4 is 22.9 Å². The molecule has 1 atom stereocenters. The van der Waals surface area contributed by atoms with Crippen molar-refractivity contribution in [3.8, 4) is 0 Å². The van der Waals surface area contributed by atoms with Crippen molar-refractivity contribution in [3.63, 3.8) is 0 Å². The van der Waals surface area contributed by atoms with Crippen molar-refractivity contribution in [2.45, 2.75) is 24.9 Å². The quantitative estimate of drug-likeness (QED) is 0.920. The molecule has 0 aliphatic carbocycles. The number of rotatable bonds is 2. The Morgan fingerprint density at radius 3 is 3.05 bits per heavy atom. The number of amides is 1. The minimum Gasteiger partial charge on any atom is -0.324 e. The minimum absolute atomic E-state index is 0.145. The molecule has 1 N–H and O–H groups in total. The predicted octanol–water partition coefficient (Wildman–Crippen LogP) is 2.28. The van der Waals surface area contributed by atoms with Gasteiger partial charge < -0.3 is 5.32 Å². The summed E-state index contributed by atoms with van der Waals surface area (Å²) in [4.78, 5) is 20.2. The lowest BCUT2D eigenvalue weighted by Crippen LogP contribution is -2.68. The van der Waals surface area contributed by atoms with E-state index in [0.29, 0.717) is 0 Å². The number of anilines is 1. The molecule has 102 valence electrons. The van der Waals surface area contributed by atoms with Gasteiger partial charge in [-0.3, -0.25) is 14.7 Å². The smallest absolute Gasteiger partial charge is 0.245 e. The first-order valence-electron chi connectivity index (χ1n) is 6.80. The van der Waals surface area contributed by atoms with Crippen molar-refractivity contribution in [2.75, 3.05) is 11.9 Å². The molecule has 4 rings (SSSR count). The van der Waals surface area contributed by atoms with E-state index in [9.17, 15) is 4.79 Å². The van der Waals surface area contributed by atoms with Crippen molar-refractivity contribution in [1.29, 1.82) is 0 Å². The van der Waals surface area contributed by atoms with Crippen LogP contribution in [0.4, 0.5) is 5.69 Å². The van der Waals surface area contributed by atoms with Crippen LogP contribution in [-0.2, 0) is 17.8 Å². The predicted molar refractivity (Wildman–Crippen MR) is 78.6 cm³/mol. The van der Waals surface area contributed by atoms with Gasteiger partial charge in [-0.25, -0.2) is 0 Å². The van der Waals surface area contributed by atoms with Crippen molar-refractivity contribution < 1.29 is 4.79 Å². The average molecular weight is 285 g/mol. The highest BCUT2D eigenvalue weighted by molar-refractivity contribution is 7.09. The molecular formula is C15H15N3OS. The van der Waals surface area contributed by atoms with Gasteiger partial charge in [0.25, 0.3) is 0 Å². The largest absolute Gasteiger partial charge is 0.324 e. The molecule has 5 heteroatoms. The van der Waals surface area contributed by atoms with E-state index in [2.05, 4.69) is 21.3 Å². The zero-order valence-electron chi connectivity index (χ0n) is 11.0. The van der Waals surface area contributed by atoms with Crippen molar-refractivity contribution in [2.24, 2.45) is 0 Å². The zero-order chi connectivity index (χ0) is 13.6. The second kappa shape index (κ2) is 4.40. The molecule has 0 radical (unpaired) electrons. The Morgan fingerprint density at radius 1 is 1.40 bits per heavy atom. The molecule has 20 heavy (non-hydrogen) atoms. The fraction of sp³-hybridized carbons (Fsp3) is 0.333. The number of carbonyl (C=O) groups is 1. The third kappa shape index (κ3) is 1.70. The van der Waals surface area contributed by atoms with Gasteiger partial charge in [-0.2, -0.15) is 0 Å². The summed E-state index contributed by atoms with van der Waals surface area (Å²) in [5.74, 6) is 0.145. The van der Waals surface area contributed by atoms with Gasteiger partial charge >= 0.3 is 0 Å². The van der Waals surface area contributed by atoms with Crippen molar-refractivity contribution in [3.05, 3.63) is 46.4 Å². The Hall–Kier alpha value is -1.72. The first-order chi connectivity index (χ1) is 9.78. The molecule has 1 unspecified atom stereocenters. The number of thiazole rings is 1. The number of nitrogens with one attached hydrogen (secondary N) is 1. The monoisotopic (exact) mass is 285 g/mol. The Morgan fingerprint density at radius 2 is 2.30 bits per heavy atom. The molecule has 1 fully saturated rings. The summed E-state index contributed by atoms with van der Waals surface area (Å²) in [5.41, 5.74) is 3.70. The summed E-state index contributed by atoms with van der Waals surface area (Å²) in [6.07, 6.45) is 3.64. The molecule has 1 saturated heterocycles. The lowest BCUT2D eigenvalue weighted by molar-refractivity contribution is -0.138. The van der Waals surface area contributed by atoms with Crippen LogP contribution in [0.3, 0.4) is 0 Å². The molecule has 1 amide bonds. The second-order valence-electron chi connectivity index (χ2n) is 5.46. The molecule has 2 aliphatic rings. The highest BCUT2D eigenvalue weighted by atomic mass is 32.1. The molecule has 2 aromatic rings. The number of likely N-dealkylation sites (tertiary alicyclic amines) is 1. The number of carbonyl (C=O) groups excluding carboxylic acids is 1. The van der Waals surface area contributed by atoms with Gasteiger partial charge in [0.05, 0.1) is 5.51 Å². The Bertz CT molecular complexity index is 655. The molecule has 2 aliphatic heterocycles. The third-order valence-corrected chi connectivity index (χ3v) is 5.17. The molecule has 1 aromatic heterocycles. The molecule has 1 spiro atoms. The van der Waals surface area contributed by atoms with Crippen LogP contribution in [0.5, 0.6) is 0 Å². The van der Waals surface area contributed by atoms with Gasteiger partial charge in [0.2, 0.25) is 5.91 Å². The number of para-hydroxylation sites is 1. The molecule has 3 heterocycles. The van der Waals surface area contributed by atoms with E-state index in [1.165, 1.54) is 10.4 Å². The molecule has 0 saturated carbocycles. The van der Waals surface area contributed by atoms with Crippen LogP contribution in [0, 0.1) is 0 Å². The number of benzene rings is 1. The van der Waals surface area contributed by atoms with Gasteiger partial charge in [-0.15, -0.1) is 11.3 Å². The average Bonchev–Trinajstić information content (AvgIpc) is 2.96. The molecule has 4 nitrogen and oxygen atoms in total. The SMILES string of the molecule is O=C1Nc2ccccc2CC12CCN2Cc1cncs1. The number of hydrogen-bond donors (Lipinski definition) is 1. The highest BCUT2D eigenvalue weighted by Crippen LogP contribution is 2.41. The van der Waals surface area contributed by atoms with Crippen LogP contribution in [0.25, 0.3) is 0 Å². The Balaban J connectivity index is 1.63.